The number of ether oxygens (including phenoxy) is 2. The van der Waals surface area contributed by atoms with Crippen molar-refractivity contribution in [1.82, 2.24) is 5.32 Å². The average Bonchev–Trinajstić information content (AvgIpc) is 2.40. The third-order valence-corrected chi connectivity index (χ3v) is 2.66. The van der Waals surface area contributed by atoms with Crippen molar-refractivity contribution in [2.75, 3.05) is 6.54 Å². The van der Waals surface area contributed by atoms with Crippen molar-refractivity contribution < 1.29 is 23.9 Å². The summed E-state index contributed by atoms with van der Waals surface area (Å²) in [6.45, 7) is 4.79. The predicted octanol–water partition coefficient (Wildman–Crippen LogP) is 0.543. The summed E-state index contributed by atoms with van der Waals surface area (Å²) in [5.74, 6) is -1.08. The number of nitrogens with one attached hydrogen (secondary N) is 1. The standard InChI is InChI=1S/C15H20N2O5/c1-4-17-15(20)12(16)7-11-5-6-13(21-9(2)18)14(8-11)22-10(3)19/h5-6,8,12H,4,7,16H2,1-3H3,(H,17,20)/t12-/m0/s1. The Hall–Kier alpha value is -2.41. The lowest BCUT2D eigenvalue weighted by molar-refractivity contribution is -0.134. The van der Waals surface area contributed by atoms with Gasteiger partial charge in [0.15, 0.2) is 11.5 Å². The van der Waals surface area contributed by atoms with E-state index in [4.69, 9.17) is 15.2 Å². The van der Waals surface area contributed by atoms with Gasteiger partial charge in [0.25, 0.3) is 0 Å². The van der Waals surface area contributed by atoms with E-state index >= 15 is 0 Å². The second kappa shape index (κ2) is 8.14. The Morgan fingerprint density at radius 1 is 1.14 bits per heavy atom. The molecule has 0 bridgehead atoms. The van der Waals surface area contributed by atoms with Gasteiger partial charge >= 0.3 is 11.9 Å². The van der Waals surface area contributed by atoms with Crippen LogP contribution in [0.4, 0.5) is 0 Å². The molecule has 1 aromatic carbocycles. The monoisotopic (exact) mass is 308 g/mol. The quantitative estimate of drug-likeness (QED) is 0.587. The minimum absolute atomic E-state index is 0.114. The molecule has 1 atom stereocenters. The zero-order valence-corrected chi connectivity index (χ0v) is 12.8. The third kappa shape index (κ3) is 5.53. The molecule has 7 heteroatoms. The molecule has 3 N–H and O–H groups in total. The maximum absolute atomic E-state index is 11.6. The number of hydrogen-bond acceptors (Lipinski definition) is 6. The second-order valence-electron chi connectivity index (χ2n) is 4.67. The number of amides is 1. The van der Waals surface area contributed by atoms with Gasteiger partial charge in [-0.25, -0.2) is 0 Å². The zero-order valence-electron chi connectivity index (χ0n) is 12.8. The van der Waals surface area contributed by atoms with Crippen molar-refractivity contribution in [3.8, 4) is 11.5 Å². The van der Waals surface area contributed by atoms with E-state index in [9.17, 15) is 14.4 Å². The van der Waals surface area contributed by atoms with Gasteiger partial charge in [0.2, 0.25) is 5.91 Å². The van der Waals surface area contributed by atoms with Crippen LogP contribution in [0.15, 0.2) is 18.2 Å². The van der Waals surface area contributed by atoms with Crippen LogP contribution >= 0.6 is 0 Å². The highest BCUT2D eigenvalue weighted by Gasteiger charge is 2.16. The molecule has 120 valence electrons. The van der Waals surface area contributed by atoms with Crippen LogP contribution in [0.1, 0.15) is 26.3 Å². The van der Waals surface area contributed by atoms with Crippen molar-refractivity contribution in [2.45, 2.75) is 33.2 Å². The molecular weight excluding hydrogens is 288 g/mol. The summed E-state index contributed by atoms with van der Waals surface area (Å²) in [4.78, 5) is 33.8. The normalized spacial score (nSPS) is 11.5. The number of carbonyl (C=O) groups is 3. The number of hydrogen-bond donors (Lipinski definition) is 2. The fourth-order valence-electron chi connectivity index (χ4n) is 1.81. The molecule has 0 spiro atoms. The maximum Gasteiger partial charge on any atom is 0.308 e. The SMILES string of the molecule is CCNC(=O)[C@@H](N)Cc1ccc(OC(C)=O)c(OC(C)=O)c1. The molecule has 0 aromatic heterocycles. The van der Waals surface area contributed by atoms with Gasteiger partial charge in [0.05, 0.1) is 6.04 Å². The Kier molecular flexibility index (Phi) is 6.52. The van der Waals surface area contributed by atoms with Gasteiger partial charge in [0.1, 0.15) is 0 Å². The van der Waals surface area contributed by atoms with Crippen molar-refractivity contribution in [3.63, 3.8) is 0 Å². The van der Waals surface area contributed by atoms with E-state index in [1.165, 1.54) is 26.0 Å². The van der Waals surface area contributed by atoms with Crippen LogP contribution < -0.4 is 20.5 Å². The minimum Gasteiger partial charge on any atom is -0.423 e. The fourth-order valence-corrected chi connectivity index (χ4v) is 1.81. The highest BCUT2D eigenvalue weighted by molar-refractivity contribution is 5.81. The maximum atomic E-state index is 11.6. The van der Waals surface area contributed by atoms with Gasteiger partial charge < -0.3 is 20.5 Å². The first-order valence-corrected chi connectivity index (χ1v) is 6.86. The largest absolute Gasteiger partial charge is 0.423 e. The molecule has 0 aliphatic heterocycles. The van der Waals surface area contributed by atoms with Gasteiger partial charge in [0, 0.05) is 20.4 Å². The van der Waals surface area contributed by atoms with E-state index in [0.717, 1.165) is 0 Å². The molecule has 22 heavy (non-hydrogen) atoms. The Bertz CT molecular complexity index is 571. The van der Waals surface area contributed by atoms with E-state index in [1.54, 1.807) is 13.0 Å². The van der Waals surface area contributed by atoms with E-state index in [1.807, 2.05) is 0 Å². The predicted molar refractivity (Wildman–Crippen MR) is 79.4 cm³/mol. The van der Waals surface area contributed by atoms with Crippen molar-refractivity contribution in [3.05, 3.63) is 23.8 Å². The van der Waals surface area contributed by atoms with E-state index in [-0.39, 0.29) is 23.8 Å². The molecule has 0 fully saturated rings. The summed E-state index contributed by atoms with van der Waals surface area (Å²) in [6.07, 6.45) is 0.264. The molecule has 0 unspecified atom stereocenters. The zero-order chi connectivity index (χ0) is 16.7. The fraction of sp³-hybridized carbons (Fsp3) is 0.400. The summed E-state index contributed by atoms with van der Waals surface area (Å²) in [5.41, 5.74) is 6.49. The van der Waals surface area contributed by atoms with Gasteiger partial charge in [-0.15, -0.1) is 0 Å². The molecule has 0 heterocycles. The lowest BCUT2D eigenvalue weighted by Crippen LogP contribution is -2.41. The Morgan fingerprint density at radius 3 is 2.27 bits per heavy atom. The molecule has 1 amide bonds. The van der Waals surface area contributed by atoms with Gasteiger partial charge in [-0.2, -0.15) is 0 Å². The van der Waals surface area contributed by atoms with Crippen LogP contribution in [-0.2, 0) is 20.8 Å². The van der Waals surface area contributed by atoms with Gasteiger partial charge in [-0.3, -0.25) is 14.4 Å². The van der Waals surface area contributed by atoms with Gasteiger partial charge in [-0.1, -0.05) is 6.07 Å². The Morgan fingerprint density at radius 2 is 1.73 bits per heavy atom. The van der Waals surface area contributed by atoms with E-state index in [2.05, 4.69) is 5.32 Å². The van der Waals surface area contributed by atoms with Crippen LogP contribution in [0, 0.1) is 0 Å². The van der Waals surface area contributed by atoms with Crippen LogP contribution in [-0.4, -0.2) is 30.4 Å². The smallest absolute Gasteiger partial charge is 0.308 e. The number of benzene rings is 1. The molecule has 1 aromatic rings. The molecule has 0 radical (unpaired) electrons. The highest BCUT2D eigenvalue weighted by Crippen LogP contribution is 2.29. The Labute approximate surface area is 128 Å². The number of carbonyl (C=O) groups excluding carboxylic acids is 3. The molecule has 0 aliphatic carbocycles. The number of nitrogens with two attached hydrogens (primary N) is 1. The lowest BCUT2D eigenvalue weighted by Gasteiger charge is -2.13. The lowest BCUT2D eigenvalue weighted by atomic mass is 10.1. The average molecular weight is 308 g/mol. The van der Waals surface area contributed by atoms with Crippen molar-refractivity contribution >= 4 is 17.8 Å². The number of rotatable bonds is 6. The first-order chi connectivity index (χ1) is 10.3. The summed E-state index contributed by atoms with van der Waals surface area (Å²) in [7, 11) is 0. The minimum atomic E-state index is -0.718. The summed E-state index contributed by atoms with van der Waals surface area (Å²) >= 11 is 0. The molecule has 0 saturated heterocycles. The first-order valence-electron chi connectivity index (χ1n) is 6.86. The highest BCUT2D eigenvalue weighted by atomic mass is 16.6. The molecule has 0 aliphatic rings. The van der Waals surface area contributed by atoms with Crippen LogP contribution in [0.5, 0.6) is 11.5 Å². The molecule has 0 saturated carbocycles. The molecule has 1 rings (SSSR count). The van der Waals surface area contributed by atoms with Crippen LogP contribution in [0.25, 0.3) is 0 Å². The van der Waals surface area contributed by atoms with Crippen molar-refractivity contribution in [2.24, 2.45) is 5.73 Å². The first kappa shape index (κ1) is 17.6. The third-order valence-electron chi connectivity index (χ3n) is 2.66. The molecule has 7 nitrogen and oxygen atoms in total. The number of esters is 2. The Balaban J connectivity index is 2.95. The van der Waals surface area contributed by atoms with Crippen LogP contribution in [0.3, 0.4) is 0 Å². The molecular formula is C15H20N2O5. The van der Waals surface area contributed by atoms with Crippen LogP contribution in [0.2, 0.25) is 0 Å². The second-order valence-corrected chi connectivity index (χ2v) is 4.67. The summed E-state index contributed by atoms with van der Waals surface area (Å²) < 4.78 is 9.98. The van der Waals surface area contributed by atoms with E-state index in [0.29, 0.717) is 12.1 Å². The van der Waals surface area contributed by atoms with E-state index < -0.39 is 18.0 Å². The topological polar surface area (TPSA) is 108 Å². The van der Waals surface area contributed by atoms with Crippen molar-refractivity contribution in [1.29, 1.82) is 0 Å². The summed E-state index contributed by atoms with van der Waals surface area (Å²) in [5, 5.41) is 2.63. The number of likely N-dealkylation sites (N-methyl/N-ethyl adjacent to an activating group) is 1. The van der Waals surface area contributed by atoms with Gasteiger partial charge in [-0.05, 0) is 31.0 Å². The summed E-state index contributed by atoms with van der Waals surface area (Å²) in [6, 6.07) is 3.97.